The monoisotopic (exact) mass is 471 g/mol. The molecule has 0 aliphatic carbocycles. The minimum absolute atomic E-state index is 0. The Morgan fingerprint density at radius 3 is 2.62 bits per heavy atom. The quantitative estimate of drug-likeness (QED) is 0.225. The Morgan fingerprint density at radius 2 is 1.88 bits per heavy atom. The summed E-state index contributed by atoms with van der Waals surface area (Å²) < 4.78 is 11.0. The predicted molar refractivity (Wildman–Crippen MR) is 117 cm³/mol. The Morgan fingerprint density at radius 1 is 1.04 bits per heavy atom. The number of rotatable bonds is 11. The summed E-state index contributed by atoms with van der Waals surface area (Å²) in [5.74, 6) is 1.69. The normalized spacial score (nSPS) is 11.0. The zero-order valence-electron chi connectivity index (χ0n) is 15.4. The first kappa shape index (κ1) is 22.5. The predicted octanol–water partition coefficient (Wildman–Crippen LogP) is 3.99. The molecule has 1 aromatic heterocycles. The van der Waals surface area contributed by atoms with Crippen LogP contribution in [0.25, 0.3) is 0 Å². The summed E-state index contributed by atoms with van der Waals surface area (Å²) in [4.78, 5) is 4.51. The third kappa shape index (κ3) is 9.82. The van der Waals surface area contributed by atoms with Gasteiger partial charge in [-0.25, -0.2) is 4.99 Å². The summed E-state index contributed by atoms with van der Waals surface area (Å²) in [5, 5.41) is 6.58. The van der Waals surface area contributed by atoms with Crippen molar-refractivity contribution in [1.29, 1.82) is 0 Å². The van der Waals surface area contributed by atoms with E-state index >= 15 is 0 Å². The Balaban J connectivity index is 0.00000338. The Labute approximate surface area is 173 Å². The molecule has 0 bridgehead atoms. The van der Waals surface area contributed by atoms with Gasteiger partial charge in [-0.2, -0.15) is 0 Å². The van der Waals surface area contributed by atoms with Gasteiger partial charge in [-0.05, 0) is 43.9 Å². The molecule has 2 rings (SSSR count). The van der Waals surface area contributed by atoms with Gasteiger partial charge in [-0.3, -0.25) is 0 Å². The highest BCUT2D eigenvalue weighted by molar-refractivity contribution is 14.0. The summed E-state index contributed by atoms with van der Waals surface area (Å²) in [6.07, 6.45) is 4.74. The number of unbranched alkanes of at least 4 members (excludes halogenated alkanes) is 1. The standard InChI is InChI=1S/C20H29N3O2.HI/c1-2-21-20(23-17-19-11-8-15-25-19)22-13-6-7-14-24-16-12-18-9-4-3-5-10-18;/h3-5,8-11,15H,2,6-7,12-14,16-17H2,1H3,(H2,21,22,23);1H. The molecule has 1 aromatic carbocycles. The van der Waals surface area contributed by atoms with Crippen molar-refractivity contribution in [3.05, 3.63) is 60.1 Å². The van der Waals surface area contributed by atoms with E-state index in [0.29, 0.717) is 6.54 Å². The van der Waals surface area contributed by atoms with Crippen LogP contribution >= 0.6 is 24.0 Å². The van der Waals surface area contributed by atoms with Crippen LogP contribution in [-0.2, 0) is 17.7 Å². The number of furan rings is 1. The number of nitrogens with zero attached hydrogens (tertiary/aromatic N) is 1. The van der Waals surface area contributed by atoms with E-state index in [0.717, 1.165) is 57.3 Å². The molecule has 1 heterocycles. The van der Waals surface area contributed by atoms with Crippen molar-refractivity contribution in [2.24, 2.45) is 4.99 Å². The first-order valence-electron chi connectivity index (χ1n) is 9.04. The topological polar surface area (TPSA) is 58.8 Å². The number of ether oxygens (including phenoxy) is 1. The van der Waals surface area contributed by atoms with Gasteiger partial charge in [0, 0.05) is 19.7 Å². The van der Waals surface area contributed by atoms with Crippen LogP contribution in [0, 0.1) is 0 Å². The third-order valence-electron chi connectivity index (χ3n) is 3.70. The second-order valence-corrected chi connectivity index (χ2v) is 5.76. The molecule has 0 aliphatic heterocycles. The molecule has 0 fully saturated rings. The van der Waals surface area contributed by atoms with Crippen LogP contribution in [0.5, 0.6) is 0 Å². The van der Waals surface area contributed by atoms with Crippen molar-refractivity contribution in [2.45, 2.75) is 32.7 Å². The maximum absolute atomic E-state index is 5.70. The minimum Gasteiger partial charge on any atom is -0.467 e. The molecule has 0 unspecified atom stereocenters. The van der Waals surface area contributed by atoms with Crippen LogP contribution in [0.2, 0.25) is 0 Å². The molecule has 26 heavy (non-hydrogen) atoms. The van der Waals surface area contributed by atoms with Gasteiger partial charge < -0.3 is 19.8 Å². The zero-order valence-corrected chi connectivity index (χ0v) is 17.8. The molecule has 0 amide bonds. The number of guanidine groups is 1. The summed E-state index contributed by atoms with van der Waals surface area (Å²) in [7, 11) is 0. The van der Waals surface area contributed by atoms with E-state index in [1.165, 1.54) is 5.56 Å². The average Bonchev–Trinajstić information content (AvgIpc) is 3.16. The Kier molecular flexibility index (Phi) is 12.6. The van der Waals surface area contributed by atoms with Crippen molar-refractivity contribution >= 4 is 29.9 Å². The van der Waals surface area contributed by atoms with Gasteiger partial charge in [-0.1, -0.05) is 30.3 Å². The molecular formula is C20H30IN3O2. The van der Waals surface area contributed by atoms with E-state index in [2.05, 4.69) is 46.8 Å². The van der Waals surface area contributed by atoms with Crippen molar-refractivity contribution in [2.75, 3.05) is 26.3 Å². The van der Waals surface area contributed by atoms with Crippen LogP contribution in [0.3, 0.4) is 0 Å². The first-order valence-corrected chi connectivity index (χ1v) is 9.04. The lowest BCUT2D eigenvalue weighted by molar-refractivity contribution is 0.133. The zero-order chi connectivity index (χ0) is 17.6. The smallest absolute Gasteiger partial charge is 0.191 e. The Bertz CT molecular complexity index is 588. The molecule has 0 radical (unpaired) electrons. The summed E-state index contributed by atoms with van der Waals surface area (Å²) >= 11 is 0. The van der Waals surface area contributed by atoms with Crippen molar-refractivity contribution in [3.8, 4) is 0 Å². The van der Waals surface area contributed by atoms with E-state index < -0.39 is 0 Å². The molecule has 0 aliphatic rings. The summed E-state index contributed by atoms with van der Waals surface area (Å²) in [6.45, 7) is 5.91. The van der Waals surface area contributed by atoms with Crippen LogP contribution in [0.1, 0.15) is 31.1 Å². The number of halogens is 1. The van der Waals surface area contributed by atoms with E-state index in [1.54, 1.807) is 6.26 Å². The lowest BCUT2D eigenvalue weighted by Gasteiger charge is -2.11. The molecule has 6 heteroatoms. The molecule has 2 aromatic rings. The molecular weight excluding hydrogens is 441 g/mol. The highest BCUT2D eigenvalue weighted by Gasteiger charge is 1.99. The lowest BCUT2D eigenvalue weighted by atomic mass is 10.2. The van der Waals surface area contributed by atoms with Gasteiger partial charge in [0.15, 0.2) is 5.96 Å². The first-order chi connectivity index (χ1) is 12.4. The third-order valence-corrected chi connectivity index (χ3v) is 3.70. The molecule has 0 saturated heterocycles. The highest BCUT2D eigenvalue weighted by Crippen LogP contribution is 2.01. The minimum atomic E-state index is 0. The van der Waals surface area contributed by atoms with Crippen LogP contribution in [-0.4, -0.2) is 32.3 Å². The SMILES string of the molecule is CCNC(=NCc1ccco1)NCCCCOCCc1ccccc1.I. The number of benzene rings is 1. The maximum Gasteiger partial charge on any atom is 0.191 e. The second-order valence-electron chi connectivity index (χ2n) is 5.76. The van der Waals surface area contributed by atoms with Gasteiger partial charge in [0.05, 0.1) is 12.9 Å². The second kappa shape index (κ2) is 14.6. The van der Waals surface area contributed by atoms with E-state index in [-0.39, 0.29) is 24.0 Å². The summed E-state index contributed by atoms with van der Waals surface area (Å²) in [6, 6.07) is 14.3. The van der Waals surface area contributed by atoms with Crippen LogP contribution in [0.4, 0.5) is 0 Å². The van der Waals surface area contributed by atoms with E-state index in [9.17, 15) is 0 Å². The molecule has 0 spiro atoms. The fourth-order valence-electron chi connectivity index (χ4n) is 2.37. The van der Waals surface area contributed by atoms with Gasteiger partial charge in [0.25, 0.3) is 0 Å². The number of hydrogen-bond donors (Lipinski definition) is 2. The number of nitrogens with one attached hydrogen (secondary N) is 2. The lowest BCUT2D eigenvalue weighted by Crippen LogP contribution is -2.37. The van der Waals surface area contributed by atoms with Crippen molar-refractivity contribution in [3.63, 3.8) is 0 Å². The van der Waals surface area contributed by atoms with Crippen LogP contribution < -0.4 is 10.6 Å². The Hall–Kier alpha value is -1.54. The molecule has 0 saturated carbocycles. The largest absolute Gasteiger partial charge is 0.467 e. The maximum atomic E-state index is 5.70. The average molecular weight is 471 g/mol. The molecule has 0 atom stereocenters. The van der Waals surface area contributed by atoms with Gasteiger partial charge in [0.1, 0.15) is 12.3 Å². The van der Waals surface area contributed by atoms with Crippen LogP contribution in [0.15, 0.2) is 58.1 Å². The van der Waals surface area contributed by atoms with Gasteiger partial charge >= 0.3 is 0 Å². The fraction of sp³-hybridized carbons (Fsp3) is 0.450. The molecule has 5 nitrogen and oxygen atoms in total. The molecule has 2 N–H and O–H groups in total. The fourth-order valence-corrected chi connectivity index (χ4v) is 2.37. The highest BCUT2D eigenvalue weighted by atomic mass is 127. The summed E-state index contributed by atoms with van der Waals surface area (Å²) in [5.41, 5.74) is 1.33. The van der Waals surface area contributed by atoms with Gasteiger partial charge in [-0.15, -0.1) is 24.0 Å². The molecule has 144 valence electrons. The number of aliphatic imine (C=N–C) groups is 1. The van der Waals surface area contributed by atoms with E-state index in [1.807, 2.05) is 18.2 Å². The van der Waals surface area contributed by atoms with Crippen molar-refractivity contribution < 1.29 is 9.15 Å². The van der Waals surface area contributed by atoms with E-state index in [4.69, 9.17) is 9.15 Å². The number of hydrogen-bond acceptors (Lipinski definition) is 3. The van der Waals surface area contributed by atoms with Gasteiger partial charge in [0.2, 0.25) is 0 Å². The van der Waals surface area contributed by atoms with Crippen molar-refractivity contribution in [1.82, 2.24) is 10.6 Å².